The number of aliphatic hydroxyl groups excluding tert-OH is 5. The molecule has 0 rings (SSSR count). The summed E-state index contributed by atoms with van der Waals surface area (Å²) < 4.78 is 0. The van der Waals surface area contributed by atoms with Gasteiger partial charge in [-0.1, -0.05) is 6.92 Å². The lowest BCUT2D eigenvalue weighted by molar-refractivity contribution is -0.0328. The van der Waals surface area contributed by atoms with Gasteiger partial charge >= 0.3 is 0 Å². The molecule has 0 aliphatic heterocycles. The number of rotatable bonds is 5. The average Bonchev–Trinajstić information content (AvgIpc) is 2.23. The molecule has 5 heteroatoms. The van der Waals surface area contributed by atoms with Crippen LogP contribution in [-0.4, -0.2) is 58.6 Å². The van der Waals surface area contributed by atoms with E-state index < -0.39 is 31.8 Å². The highest BCUT2D eigenvalue weighted by Gasteiger charge is 2.26. The summed E-state index contributed by atoms with van der Waals surface area (Å²) in [6, 6.07) is 0. The lowest BCUT2D eigenvalue weighted by Crippen LogP contribution is -2.37. The van der Waals surface area contributed by atoms with Crippen LogP contribution >= 0.6 is 0 Å². The van der Waals surface area contributed by atoms with E-state index >= 15 is 0 Å². The monoisotopic (exact) mass is 196 g/mol. The van der Waals surface area contributed by atoms with Gasteiger partial charge in [0, 0.05) is 6.61 Å². The van der Waals surface area contributed by atoms with Crippen LogP contribution in [0.15, 0.2) is 0 Å². The van der Waals surface area contributed by atoms with Gasteiger partial charge < -0.3 is 25.5 Å². The molecule has 0 atom stereocenters. The van der Waals surface area contributed by atoms with Gasteiger partial charge in [0.2, 0.25) is 0 Å². The van der Waals surface area contributed by atoms with Crippen LogP contribution in [0.1, 0.15) is 13.3 Å². The van der Waals surface area contributed by atoms with Gasteiger partial charge in [-0.05, 0) is 6.42 Å². The Labute approximate surface area is 78.3 Å². The molecular formula is C8H20O5. The molecule has 0 heterocycles. The standard InChI is InChI=1S/C5H12O4.C3H8O/c6-1-5(2-7,3-8)4-9;1-2-3-4/h6-9H,1-4H2;4H,2-3H2,1H3. The van der Waals surface area contributed by atoms with E-state index in [2.05, 4.69) is 0 Å². The topological polar surface area (TPSA) is 101 Å². The molecule has 13 heavy (non-hydrogen) atoms. The van der Waals surface area contributed by atoms with Gasteiger partial charge in [-0.2, -0.15) is 0 Å². The Balaban J connectivity index is 0. The van der Waals surface area contributed by atoms with Crippen molar-refractivity contribution in [3.63, 3.8) is 0 Å². The minimum Gasteiger partial charge on any atom is -0.396 e. The third-order valence-electron chi connectivity index (χ3n) is 1.57. The van der Waals surface area contributed by atoms with Crippen LogP contribution < -0.4 is 0 Å². The van der Waals surface area contributed by atoms with Crippen LogP contribution in [-0.2, 0) is 0 Å². The van der Waals surface area contributed by atoms with Gasteiger partial charge in [-0.15, -0.1) is 0 Å². The fourth-order valence-corrected chi connectivity index (χ4v) is 0.300. The van der Waals surface area contributed by atoms with Crippen LogP contribution in [0.2, 0.25) is 0 Å². The molecule has 0 radical (unpaired) electrons. The Hall–Kier alpha value is -0.200. The van der Waals surface area contributed by atoms with Crippen molar-refractivity contribution in [1.29, 1.82) is 0 Å². The van der Waals surface area contributed by atoms with Crippen molar-refractivity contribution in [2.24, 2.45) is 5.41 Å². The molecule has 0 aromatic carbocycles. The summed E-state index contributed by atoms with van der Waals surface area (Å²) in [5, 5.41) is 41.9. The summed E-state index contributed by atoms with van der Waals surface area (Å²) in [5.41, 5.74) is -1.11. The first kappa shape index (κ1) is 15.3. The summed E-state index contributed by atoms with van der Waals surface area (Å²) in [6.07, 6.45) is 0.875. The molecule has 5 N–H and O–H groups in total. The van der Waals surface area contributed by atoms with Crippen molar-refractivity contribution >= 4 is 0 Å². The fraction of sp³-hybridized carbons (Fsp3) is 1.00. The quantitative estimate of drug-likeness (QED) is 0.362. The third-order valence-corrected chi connectivity index (χ3v) is 1.57. The van der Waals surface area contributed by atoms with E-state index in [0.29, 0.717) is 6.61 Å². The van der Waals surface area contributed by atoms with E-state index in [0.717, 1.165) is 6.42 Å². The summed E-state index contributed by atoms with van der Waals surface area (Å²) in [7, 11) is 0. The summed E-state index contributed by atoms with van der Waals surface area (Å²) in [4.78, 5) is 0. The van der Waals surface area contributed by atoms with Crippen LogP contribution in [0, 0.1) is 5.41 Å². The van der Waals surface area contributed by atoms with E-state index in [4.69, 9.17) is 25.5 Å². The van der Waals surface area contributed by atoms with Crippen LogP contribution in [0.3, 0.4) is 0 Å². The van der Waals surface area contributed by atoms with Crippen LogP contribution in [0.4, 0.5) is 0 Å². The molecule has 0 saturated heterocycles. The molecule has 0 aliphatic rings. The van der Waals surface area contributed by atoms with E-state index in [9.17, 15) is 0 Å². The van der Waals surface area contributed by atoms with Gasteiger partial charge in [0.15, 0.2) is 0 Å². The van der Waals surface area contributed by atoms with Crippen molar-refractivity contribution in [3.8, 4) is 0 Å². The largest absolute Gasteiger partial charge is 0.396 e. The normalized spacial score (nSPS) is 10.6. The van der Waals surface area contributed by atoms with E-state index in [1.807, 2.05) is 6.92 Å². The molecule has 0 spiro atoms. The van der Waals surface area contributed by atoms with Crippen molar-refractivity contribution in [2.45, 2.75) is 13.3 Å². The third kappa shape index (κ3) is 6.92. The molecule has 0 fully saturated rings. The first-order valence-corrected chi connectivity index (χ1v) is 4.20. The lowest BCUT2D eigenvalue weighted by atomic mass is 9.93. The highest BCUT2D eigenvalue weighted by Crippen LogP contribution is 2.11. The SMILES string of the molecule is CCCO.OCC(CO)(CO)CO. The molecule has 0 aromatic heterocycles. The van der Waals surface area contributed by atoms with Gasteiger partial charge in [0.25, 0.3) is 0 Å². The predicted molar refractivity (Wildman–Crippen MR) is 48.2 cm³/mol. The maximum atomic E-state index is 8.50. The fourth-order valence-electron chi connectivity index (χ4n) is 0.300. The smallest absolute Gasteiger partial charge is 0.0627 e. The average molecular weight is 196 g/mol. The Morgan fingerprint density at radius 2 is 1.00 bits per heavy atom. The van der Waals surface area contributed by atoms with Gasteiger partial charge in [0.05, 0.1) is 31.8 Å². The Bertz CT molecular complexity index is 73.0. The second kappa shape index (κ2) is 9.88. The highest BCUT2D eigenvalue weighted by atomic mass is 16.3. The van der Waals surface area contributed by atoms with E-state index in [-0.39, 0.29) is 0 Å². The molecule has 0 unspecified atom stereocenters. The van der Waals surface area contributed by atoms with Crippen LogP contribution in [0.5, 0.6) is 0 Å². The van der Waals surface area contributed by atoms with Crippen LogP contribution in [0.25, 0.3) is 0 Å². The minimum absolute atomic E-state index is 0.319. The number of hydrogen-bond acceptors (Lipinski definition) is 5. The second-order valence-electron chi connectivity index (χ2n) is 2.86. The molecule has 0 aromatic rings. The summed E-state index contributed by atoms with van der Waals surface area (Å²) in [5.74, 6) is 0. The zero-order chi connectivity index (χ0) is 10.7. The molecule has 0 amide bonds. The molecule has 0 saturated carbocycles. The summed E-state index contributed by atoms with van der Waals surface area (Å²) >= 11 is 0. The molecule has 82 valence electrons. The van der Waals surface area contributed by atoms with Gasteiger partial charge in [0.1, 0.15) is 0 Å². The van der Waals surface area contributed by atoms with Crippen molar-refractivity contribution in [3.05, 3.63) is 0 Å². The lowest BCUT2D eigenvalue weighted by Gasteiger charge is -2.23. The molecule has 0 aliphatic carbocycles. The highest BCUT2D eigenvalue weighted by molar-refractivity contribution is 4.74. The van der Waals surface area contributed by atoms with Crippen molar-refractivity contribution in [2.75, 3.05) is 33.0 Å². The van der Waals surface area contributed by atoms with Gasteiger partial charge in [-0.3, -0.25) is 0 Å². The maximum Gasteiger partial charge on any atom is 0.0627 e. The maximum absolute atomic E-state index is 8.50. The Morgan fingerprint density at radius 1 is 0.769 bits per heavy atom. The molecule has 5 nitrogen and oxygen atoms in total. The molecule has 0 bridgehead atoms. The first-order valence-electron chi connectivity index (χ1n) is 4.20. The van der Waals surface area contributed by atoms with Gasteiger partial charge in [-0.25, -0.2) is 0 Å². The second-order valence-corrected chi connectivity index (χ2v) is 2.86. The zero-order valence-electron chi connectivity index (χ0n) is 7.98. The Kier molecular flexibility index (Phi) is 11.6. The van der Waals surface area contributed by atoms with E-state index in [1.54, 1.807) is 0 Å². The zero-order valence-corrected chi connectivity index (χ0v) is 7.98. The summed E-state index contributed by atoms with van der Waals surface area (Å²) in [6.45, 7) is 0.625. The first-order chi connectivity index (χ1) is 6.16. The number of aliphatic hydroxyl groups is 5. The van der Waals surface area contributed by atoms with Crippen molar-refractivity contribution in [1.82, 2.24) is 0 Å². The Morgan fingerprint density at radius 3 is 1.00 bits per heavy atom. The molecular weight excluding hydrogens is 176 g/mol. The van der Waals surface area contributed by atoms with Crippen molar-refractivity contribution < 1.29 is 25.5 Å². The number of hydrogen-bond donors (Lipinski definition) is 5. The predicted octanol–water partition coefficient (Wildman–Crippen LogP) is -1.67. The van der Waals surface area contributed by atoms with E-state index in [1.165, 1.54) is 0 Å². The minimum atomic E-state index is -1.11.